The van der Waals surface area contributed by atoms with Crippen molar-refractivity contribution in [1.82, 2.24) is 10.2 Å². The number of nitrogens with zero attached hydrogens (tertiary/aromatic N) is 2. The largest absolute Gasteiger partial charge is 0.354 e. The van der Waals surface area contributed by atoms with E-state index in [2.05, 4.69) is 21.2 Å². The van der Waals surface area contributed by atoms with Gasteiger partial charge in [0.15, 0.2) is 0 Å². The summed E-state index contributed by atoms with van der Waals surface area (Å²) >= 11 is 9.57. The second kappa shape index (κ2) is 16.1. The Morgan fingerprint density at radius 3 is 2.24 bits per heavy atom. The van der Waals surface area contributed by atoms with Gasteiger partial charge in [-0.15, -0.1) is 0 Å². The van der Waals surface area contributed by atoms with E-state index in [4.69, 9.17) is 11.6 Å². The van der Waals surface area contributed by atoms with Gasteiger partial charge in [-0.2, -0.15) is 0 Å². The number of anilines is 1. The zero-order valence-electron chi connectivity index (χ0n) is 25.3. The molecule has 0 aromatic heterocycles. The third-order valence-corrected chi connectivity index (χ3v) is 9.85. The summed E-state index contributed by atoms with van der Waals surface area (Å²) in [5.74, 6) is -0.807. The van der Waals surface area contributed by atoms with Crippen molar-refractivity contribution >= 4 is 55.1 Å². The van der Waals surface area contributed by atoms with E-state index in [1.54, 1.807) is 18.2 Å². The van der Waals surface area contributed by atoms with Gasteiger partial charge in [0.05, 0.1) is 10.6 Å². The summed E-state index contributed by atoms with van der Waals surface area (Å²) in [5.41, 5.74) is 2.84. The number of hydrogen-bond acceptors (Lipinski definition) is 4. The predicted molar refractivity (Wildman–Crippen MR) is 184 cm³/mol. The van der Waals surface area contributed by atoms with Crippen molar-refractivity contribution < 1.29 is 18.0 Å². The number of benzene rings is 4. The molecule has 7 nitrogen and oxygen atoms in total. The van der Waals surface area contributed by atoms with Gasteiger partial charge in [0, 0.05) is 29.0 Å². The molecule has 0 saturated carbocycles. The van der Waals surface area contributed by atoms with Crippen LogP contribution in [0.1, 0.15) is 36.5 Å². The highest BCUT2D eigenvalue weighted by Gasteiger charge is 2.34. The summed E-state index contributed by atoms with van der Waals surface area (Å²) in [7, 11) is -4.20. The van der Waals surface area contributed by atoms with Crippen LogP contribution in [-0.4, -0.2) is 44.3 Å². The lowest BCUT2D eigenvalue weighted by Gasteiger charge is -2.34. The first-order valence-corrected chi connectivity index (χ1v) is 17.4. The van der Waals surface area contributed by atoms with Crippen LogP contribution in [0.25, 0.3) is 0 Å². The smallest absolute Gasteiger partial charge is 0.264 e. The minimum Gasteiger partial charge on any atom is -0.354 e. The quantitative estimate of drug-likeness (QED) is 0.141. The minimum absolute atomic E-state index is 0.00195. The zero-order chi connectivity index (χ0) is 32.4. The van der Waals surface area contributed by atoms with Crippen LogP contribution < -0.4 is 9.62 Å². The maximum atomic E-state index is 14.5. The topological polar surface area (TPSA) is 86.8 Å². The van der Waals surface area contributed by atoms with Crippen LogP contribution in [0.5, 0.6) is 0 Å². The number of amides is 2. The van der Waals surface area contributed by atoms with Crippen molar-refractivity contribution in [3.8, 4) is 0 Å². The molecule has 0 aliphatic carbocycles. The van der Waals surface area contributed by atoms with Gasteiger partial charge in [0.25, 0.3) is 10.0 Å². The van der Waals surface area contributed by atoms with Gasteiger partial charge >= 0.3 is 0 Å². The lowest BCUT2D eigenvalue weighted by atomic mass is 10.0. The van der Waals surface area contributed by atoms with Crippen molar-refractivity contribution in [3.05, 3.63) is 129 Å². The van der Waals surface area contributed by atoms with E-state index in [0.717, 1.165) is 38.3 Å². The molecular weight excluding hydrogens is 674 g/mol. The summed E-state index contributed by atoms with van der Waals surface area (Å²) in [6.45, 7) is 3.95. The van der Waals surface area contributed by atoms with Crippen LogP contribution in [0.3, 0.4) is 0 Å². The Labute approximate surface area is 279 Å². The Balaban J connectivity index is 1.79. The van der Waals surface area contributed by atoms with Gasteiger partial charge in [-0.3, -0.25) is 13.9 Å². The summed E-state index contributed by atoms with van der Waals surface area (Å²) in [5, 5.41) is 3.40. The molecule has 0 bridgehead atoms. The molecule has 0 fully saturated rings. The number of hydrogen-bond donors (Lipinski definition) is 1. The van der Waals surface area contributed by atoms with Crippen molar-refractivity contribution in [1.29, 1.82) is 0 Å². The molecule has 0 aliphatic heterocycles. The van der Waals surface area contributed by atoms with Crippen molar-refractivity contribution in [3.63, 3.8) is 0 Å². The van der Waals surface area contributed by atoms with Crippen LogP contribution in [0.15, 0.2) is 112 Å². The summed E-state index contributed by atoms with van der Waals surface area (Å²) < 4.78 is 30.2. The third kappa shape index (κ3) is 9.42. The molecule has 1 unspecified atom stereocenters. The van der Waals surface area contributed by atoms with Crippen LogP contribution in [0.2, 0.25) is 5.02 Å². The number of aryl methyl sites for hydroxylation is 1. The normalized spacial score (nSPS) is 11.9. The molecule has 10 heteroatoms. The summed E-state index contributed by atoms with van der Waals surface area (Å²) in [6, 6.07) is 28.9. The molecule has 2 amide bonds. The van der Waals surface area contributed by atoms with Gasteiger partial charge in [-0.1, -0.05) is 95.5 Å². The van der Waals surface area contributed by atoms with E-state index < -0.39 is 28.5 Å². The number of rotatable bonds is 14. The molecule has 0 saturated heterocycles. The number of sulfonamides is 1. The zero-order valence-corrected chi connectivity index (χ0v) is 28.5. The maximum Gasteiger partial charge on any atom is 0.264 e. The number of carbonyl (C=O) groups is 2. The van der Waals surface area contributed by atoms with E-state index in [1.807, 2.05) is 74.5 Å². The molecule has 0 heterocycles. The van der Waals surface area contributed by atoms with Crippen molar-refractivity contribution in [2.24, 2.45) is 0 Å². The van der Waals surface area contributed by atoms with E-state index in [-0.39, 0.29) is 23.8 Å². The van der Waals surface area contributed by atoms with E-state index in [1.165, 1.54) is 29.2 Å². The highest BCUT2D eigenvalue weighted by molar-refractivity contribution is 9.10. The monoisotopic (exact) mass is 709 g/mol. The molecule has 236 valence electrons. The summed E-state index contributed by atoms with van der Waals surface area (Å²) in [6.07, 6.45) is 1.95. The van der Waals surface area contributed by atoms with E-state index in [0.29, 0.717) is 17.3 Å². The Kier molecular flexibility index (Phi) is 12.2. The first kappa shape index (κ1) is 34.2. The molecule has 45 heavy (non-hydrogen) atoms. The second-order valence-corrected chi connectivity index (χ2v) is 14.0. The molecule has 4 rings (SSSR count). The van der Waals surface area contributed by atoms with Crippen LogP contribution in [0.4, 0.5) is 5.69 Å². The first-order chi connectivity index (χ1) is 21.6. The van der Waals surface area contributed by atoms with Gasteiger partial charge < -0.3 is 10.2 Å². The Morgan fingerprint density at radius 2 is 1.58 bits per heavy atom. The van der Waals surface area contributed by atoms with Gasteiger partial charge in [0.2, 0.25) is 11.8 Å². The standard InChI is InChI=1S/C35H37BrClN3O4S/c1-3-4-20-38-35(42)33(23-27-11-6-5-7-12-27)39(24-28-13-9-14-29(36)22-28)34(41)25-40(31-15-8-10-26(2)21-31)45(43,44)32-18-16-30(37)17-19-32/h5-19,21-22,33H,3-4,20,23-25H2,1-2H3,(H,38,42). The number of nitrogens with one attached hydrogen (secondary N) is 1. The second-order valence-electron chi connectivity index (χ2n) is 10.8. The molecule has 1 atom stereocenters. The molecule has 0 spiro atoms. The fourth-order valence-electron chi connectivity index (χ4n) is 4.94. The molecule has 4 aromatic carbocycles. The van der Waals surface area contributed by atoms with Crippen LogP contribution in [-0.2, 0) is 32.6 Å². The summed E-state index contributed by atoms with van der Waals surface area (Å²) in [4.78, 5) is 29.8. The lowest BCUT2D eigenvalue weighted by molar-refractivity contribution is -0.140. The van der Waals surface area contributed by atoms with Crippen LogP contribution in [0, 0.1) is 6.92 Å². The fourth-order valence-corrected chi connectivity index (χ4v) is 6.92. The molecular formula is C35H37BrClN3O4S. The highest BCUT2D eigenvalue weighted by Crippen LogP contribution is 2.27. The molecule has 0 aliphatic rings. The number of halogens is 2. The SMILES string of the molecule is CCCCNC(=O)C(Cc1ccccc1)N(Cc1cccc(Br)c1)C(=O)CN(c1cccc(C)c1)S(=O)(=O)c1ccc(Cl)cc1. The first-order valence-electron chi connectivity index (χ1n) is 14.8. The molecule has 0 radical (unpaired) electrons. The Bertz CT molecular complexity index is 1700. The molecule has 1 N–H and O–H groups in total. The average molecular weight is 711 g/mol. The van der Waals surface area contributed by atoms with E-state index >= 15 is 0 Å². The predicted octanol–water partition coefficient (Wildman–Crippen LogP) is 7.16. The third-order valence-electron chi connectivity index (χ3n) is 7.31. The van der Waals surface area contributed by atoms with Gasteiger partial charge in [0.1, 0.15) is 12.6 Å². The van der Waals surface area contributed by atoms with Crippen molar-refractivity contribution in [2.45, 2.75) is 50.6 Å². The average Bonchev–Trinajstić information content (AvgIpc) is 3.02. The molecule has 4 aromatic rings. The number of unbranched alkanes of at least 4 members (excludes halogenated alkanes) is 1. The Hall–Kier alpha value is -3.66. The van der Waals surface area contributed by atoms with E-state index in [9.17, 15) is 18.0 Å². The highest BCUT2D eigenvalue weighted by atomic mass is 79.9. The fraction of sp³-hybridized carbons (Fsp3) is 0.257. The van der Waals surface area contributed by atoms with Gasteiger partial charge in [-0.25, -0.2) is 8.42 Å². The maximum absolute atomic E-state index is 14.5. The van der Waals surface area contributed by atoms with Crippen molar-refractivity contribution in [2.75, 3.05) is 17.4 Å². The van der Waals surface area contributed by atoms with Crippen LogP contribution >= 0.6 is 27.5 Å². The van der Waals surface area contributed by atoms with Gasteiger partial charge in [-0.05, 0) is 78.6 Å². The minimum atomic E-state index is -4.20. The Morgan fingerprint density at radius 1 is 0.889 bits per heavy atom. The number of carbonyl (C=O) groups excluding carboxylic acids is 2. The lowest BCUT2D eigenvalue weighted by Crippen LogP contribution is -2.53.